The zero-order valence-electron chi connectivity index (χ0n) is 22.4. The van der Waals surface area contributed by atoms with Crippen molar-refractivity contribution in [2.24, 2.45) is 5.73 Å². The highest BCUT2D eigenvalue weighted by atomic mass is 16.5. The summed E-state index contributed by atoms with van der Waals surface area (Å²) in [5, 5.41) is 6.91. The first-order chi connectivity index (χ1) is 17.3. The van der Waals surface area contributed by atoms with Crippen LogP contribution in [-0.4, -0.2) is 42.8 Å². The SMILES string of the molecule is CCOC(C)(C)CCNC(=O)CCc1cccc(-c2ccc([C@@H]3C[C@H]3NC3CCC(N)CC3)cc2)c1. The topological polar surface area (TPSA) is 76.4 Å². The Kier molecular flexibility index (Phi) is 9.21. The molecule has 36 heavy (non-hydrogen) atoms. The van der Waals surface area contributed by atoms with Crippen LogP contribution in [0.2, 0.25) is 0 Å². The van der Waals surface area contributed by atoms with Gasteiger partial charge in [0.2, 0.25) is 5.91 Å². The molecule has 0 aliphatic heterocycles. The van der Waals surface area contributed by atoms with Gasteiger partial charge in [0.15, 0.2) is 0 Å². The Bertz CT molecular complexity index is 980. The van der Waals surface area contributed by atoms with E-state index >= 15 is 0 Å². The number of rotatable bonds is 12. The van der Waals surface area contributed by atoms with Crippen molar-refractivity contribution in [1.82, 2.24) is 10.6 Å². The van der Waals surface area contributed by atoms with E-state index in [2.05, 4.69) is 73.0 Å². The predicted molar refractivity (Wildman–Crippen MR) is 148 cm³/mol. The standard InChI is InChI=1S/C31H45N3O2/c1-4-36-31(2,3)18-19-33-30(35)17-8-22-6-5-7-25(20-22)23-9-11-24(12-10-23)28-21-29(28)34-27-15-13-26(32)14-16-27/h5-7,9-12,20,26-29,34H,4,8,13-19,21,32H2,1-3H3,(H,33,35)/t26?,27?,28-,29+/m0/s1. The van der Waals surface area contributed by atoms with Crippen LogP contribution in [0.15, 0.2) is 48.5 Å². The third-order valence-electron chi connectivity index (χ3n) is 7.84. The molecule has 0 heterocycles. The van der Waals surface area contributed by atoms with Gasteiger partial charge in [-0.05, 0) is 88.0 Å². The number of nitrogens with one attached hydrogen (secondary N) is 2. The number of amides is 1. The number of aryl methyl sites for hydroxylation is 1. The van der Waals surface area contributed by atoms with Crippen molar-refractivity contribution in [3.05, 3.63) is 59.7 Å². The molecule has 2 aromatic carbocycles. The van der Waals surface area contributed by atoms with Crippen LogP contribution in [0, 0.1) is 0 Å². The van der Waals surface area contributed by atoms with Crippen molar-refractivity contribution in [2.75, 3.05) is 13.2 Å². The summed E-state index contributed by atoms with van der Waals surface area (Å²) in [5.74, 6) is 0.735. The fourth-order valence-electron chi connectivity index (χ4n) is 5.48. The minimum Gasteiger partial charge on any atom is -0.376 e. The summed E-state index contributed by atoms with van der Waals surface area (Å²) in [6.45, 7) is 7.46. The summed E-state index contributed by atoms with van der Waals surface area (Å²) in [7, 11) is 0. The van der Waals surface area contributed by atoms with Crippen LogP contribution in [0.1, 0.15) is 82.8 Å². The van der Waals surface area contributed by atoms with Crippen LogP contribution in [-0.2, 0) is 16.0 Å². The monoisotopic (exact) mass is 491 g/mol. The van der Waals surface area contributed by atoms with E-state index in [-0.39, 0.29) is 11.5 Å². The molecule has 1 amide bonds. The normalized spacial score (nSPS) is 23.9. The van der Waals surface area contributed by atoms with Crippen molar-refractivity contribution in [2.45, 2.75) is 102 Å². The predicted octanol–water partition coefficient (Wildman–Crippen LogP) is 5.32. The first-order valence-electron chi connectivity index (χ1n) is 13.9. The van der Waals surface area contributed by atoms with Gasteiger partial charge in [-0.15, -0.1) is 0 Å². The maximum Gasteiger partial charge on any atom is 0.220 e. The molecule has 2 aliphatic carbocycles. The molecule has 2 aromatic rings. The Morgan fingerprint density at radius 3 is 2.53 bits per heavy atom. The van der Waals surface area contributed by atoms with Crippen LogP contribution < -0.4 is 16.4 Å². The number of benzene rings is 2. The smallest absolute Gasteiger partial charge is 0.220 e. The highest BCUT2D eigenvalue weighted by Crippen LogP contribution is 2.42. The van der Waals surface area contributed by atoms with Gasteiger partial charge in [-0.3, -0.25) is 4.79 Å². The van der Waals surface area contributed by atoms with Gasteiger partial charge in [0.05, 0.1) is 5.60 Å². The summed E-state index contributed by atoms with van der Waals surface area (Å²) in [5.41, 5.74) is 10.9. The van der Waals surface area contributed by atoms with Crippen molar-refractivity contribution in [1.29, 1.82) is 0 Å². The number of hydrogen-bond acceptors (Lipinski definition) is 4. The highest BCUT2D eigenvalue weighted by Gasteiger charge is 2.39. The van der Waals surface area contributed by atoms with Gasteiger partial charge < -0.3 is 21.1 Å². The molecular weight excluding hydrogens is 446 g/mol. The summed E-state index contributed by atoms with van der Waals surface area (Å²) >= 11 is 0. The average Bonchev–Trinajstić information content (AvgIpc) is 3.63. The lowest BCUT2D eigenvalue weighted by atomic mass is 9.91. The lowest BCUT2D eigenvalue weighted by Crippen LogP contribution is -2.38. The first-order valence-corrected chi connectivity index (χ1v) is 13.9. The molecule has 4 N–H and O–H groups in total. The first kappa shape index (κ1) is 26.8. The molecule has 2 fully saturated rings. The molecule has 0 radical (unpaired) electrons. The van der Waals surface area contributed by atoms with E-state index < -0.39 is 0 Å². The van der Waals surface area contributed by atoms with Crippen LogP contribution in [0.3, 0.4) is 0 Å². The largest absolute Gasteiger partial charge is 0.376 e. The fraction of sp³-hybridized carbons (Fsp3) is 0.581. The van der Waals surface area contributed by atoms with Crippen LogP contribution in [0.5, 0.6) is 0 Å². The summed E-state index contributed by atoms with van der Waals surface area (Å²) in [4.78, 5) is 12.3. The molecule has 4 rings (SSSR count). The Balaban J connectivity index is 1.23. The van der Waals surface area contributed by atoms with Crippen LogP contribution in [0.25, 0.3) is 11.1 Å². The molecule has 0 aromatic heterocycles. The van der Waals surface area contributed by atoms with Gasteiger partial charge in [-0.2, -0.15) is 0 Å². The highest BCUT2D eigenvalue weighted by molar-refractivity contribution is 5.76. The van der Waals surface area contributed by atoms with Gasteiger partial charge in [-0.25, -0.2) is 0 Å². The van der Waals surface area contributed by atoms with Gasteiger partial charge in [0.1, 0.15) is 0 Å². The third-order valence-corrected chi connectivity index (χ3v) is 7.84. The quantitative estimate of drug-likeness (QED) is 0.375. The van der Waals surface area contributed by atoms with E-state index in [1.807, 2.05) is 6.92 Å². The second kappa shape index (κ2) is 12.4. The number of ether oxygens (including phenoxy) is 1. The van der Waals surface area contributed by atoms with E-state index in [9.17, 15) is 4.79 Å². The molecule has 2 atom stereocenters. The zero-order valence-corrected chi connectivity index (χ0v) is 22.4. The van der Waals surface area contributed by atoms with E-state index in [1.54, 1.807) is 0 Å². The Labute approximate surface area is 217 Å². The number of nitrogens with two attached hydrogens (primary N) is 1. The maximum absolute atomic E-state index is 12.3. The van der Waals surface area contributed by atoms with Gasteiger partial charge in [-0.1, -0.05) is 48.5 Å². The molecule has 2 saturated carbocycles. The number of carbonyl (C=O) groups excluding carboxylic acids is 1. The summed E-state index contributed by atoms with van der Waals surface area (Å²) in [6, 6.07) is 19.3. The van der Waals surface area contributed by atoms with Crippen LogP contribution in [0.4, 0.5) is 0 Å². The maximum atomic E-state index is 12.3. The fourth-order valence-corrected chi connectivity index (χ4v) is 5.48. The molecule has 0 spiro atoms. The van der Waals surface area contributed by atoms with E-state index in [0.717, 1.165) is 25.7 Å². The van der Waals surface area contributed by atoms with Crippen LogP contribution >= 0.6 is 0 Å². The lowest BCUT2D eigenvalue weighted by Gasteiger charge is -2.27. The molecular formula is C31H45N3O2. The van der Waals surface area contributed by atoms with E-state index in [4.69, 9.17) is 10.5 Å². The molecule has 196 valence electrons. The minimum atomic E-state index is -0.202. The van der Waals surface area contributed by atoms with E-state index in [1.165, 1.54) is 41.5 Å². The molecule has 0 bridgehead atoms. The zero-order chi connectivity index (χ0) is 25.5. The van der Waals surface area contributed by atoms with Crippen molar-refractivity contribution in [3.8, 4) is 11.1 Å². The van der Waals surface area contributed by atoms with Gasteiger partial charge in [0, 0.05) is 43.6 Å². The Morgan fingerprint density at radius 1 is 1.06 bits per heavy atom. The molecule has 0 saturated heterocycles. The second-order valence-corrected chi connectivity index (χ2v) is 11.3. The van der Waals surface area contributed by atoms with Crippen molar-refractivity contribution in [3.63, 3.8) is 0 Å². The summed E-state index contributed by atoms with van der Waals surface area (Å²) < 4.78 is 5.70. The minimum absolute atomic E-state index is 0.0979. The average molecular weight is 492 g/mol. The van der Waals surface area contributed by atoms with Gasteiger partial charge >= 0.3 is 0 Å². The van der Waals surface area contributed by atoms with Crippen molar-refractivity contribution >= 4 is 5.91 Å². The summed E-state index contributed by atoms with van der Waals surface area (Å²) in [6.07, 6.45) is 8.03. The second-order valence-electron chi connectivity index (χ2n) is 11.3. The molecule has 0 unspecified atom stereocenters. The Hall–Kier alpha value is -2.21. The Morgan fingerprint density at radius 2 is 1.81 bits per heavy atom. The molecule has 5 nitrogen and oxygen atoms in total. The van der Waals surface area contributed by atoms with Gasteiger partial charge in [0.25, 0.3) is 0 Å². The lowest BCUT2D eigenvalue weighted by molar-refractivity contribution is -0.121. The number of carbonyl (C=O) groups is 1. The third kappa shape index (κ3) is 7.89. The van der Waals surface area contributed by atoms with E-state index in [0.29, 0.717) is 43.6 Å². The van der Waals surface area contributed by atoms with Crippen molar-refractivity contribution < 1.29 is 9.53 Å². The molecule has 2 aliphatic rings. The number of hydrogen-bond donors (Lipinski definition) is 3. The molecule has 5 heteroatoms.